The normalized spacial score (nSPS) is 15.1. The summed E-state index contributed by atoms with van der Waals surface area (Å²) in [5.41, 5.74) is 3.16. The smallest absolute Gasteiger partial charge is 0.266 e. The number of fused-ring (bicyclic) bond motifs is 1. The predicted molar refractivity (Wildman–Crippen MR) is 128 cm³/mol. The average Bonchev–Trinajstić information content (AvgIpc) is 2.71. The Morgan fingerprint density at radius 1 is 1.29 bits per heavy atom. The second-order valence-corrected chi connectivity index (χ2v) is 9.07. The number of nitrogens with one attached hydrogen (secondary N) is 1. The number of hydrogen-bond donors (Lipinski definition) is 1. The fourth-order valence-electron chi connectivity index (χ4n) is 3.89. The molecule has 160 valence electrons. The van der Waals surface area contributed by atoms with Crippen LogP contribution in [0.25, 0.3) is 11.6 Å². The van der Waals surface area contributed by atoms with Crippen LogP contribution in [-0.4, -0.2) is 18.0 Å². The largest absolute Gasteiger partial charge is 0.362 e. The van der Waals surface area contributed by atoms with Crippen molar-refractivity contribution in [2.24, 2.45) is 0 Å². The summed E-state index contributed by atoms with van der Waals surface area (Å²) in [5.74, 6) is -1.04. The lowest BCUT2D eigenvalue weighted by Crippen LogP contribution is -2.45. The Labute approximate surface area is 191 Å². The van der Waals surface area contributed by atoms with Gasteiger partial charge in [-0.2, -0.15) is 5.26 Å². The molecule has 31 heavy (non-hydrogen) atoms. The third-order valence-corrected chi connectivity index (χ3v) is 5.84. The standard InChI is InChI=1S/C25H25BrFN3O/c1-5-10-30-23-13-22(27)17(12-21(23)16(2)14-25(30,3)4)11-18(15-28)24(31)29-20-8-6-19(26)7-9-20/h6-9,11-14H,5,10H2,1-4H3,(H,29,31)/b18-11+. The summed E-state index contributed by atoms with van der Waals surface area (Å²) in [7, 11) is 0. The van der Waals surface area contributed by atoms with Gasteiger partial charge < -0.3 is 10.2 Å². The van der Waals surface area contributed by atoms with E-state index >= 15 is 4.39 Å². The van der Waals surface area contributed by atoms with Crippen molar-refractivity contribution in [1.82, 2.24) is 0 Å². The van der Waals surface area contributed by atoms with Crippen LogP contribution >= 0.6 is 15.9 Å². The molecule has 0 saturated heterocycles. The van der Waals surface area contributed by atoms with Crippen LogP contribution in [0.15, 0.2) is 52.5 Å². The molecular formula is C25H25BrFN3O. The Bertz CT molecular complexity index is 1110. The number of amides is 1. The van der Waals surface area contributed by atoms with E-state index in [0.717, 1.165) is 34.3 Å². The molecule has 0 saturated carbocycles. The third kappa shape index (κ3) is 4.88. The maximum absolute atomic E-state index is 15.1. The van der Waals surface area contributed by atoms with Gasteiger partial charge in [0, 0.05) is 33.5 Å². The Balaban J connectivity index is 1.98. The van der Waals surface area contributed by atoms with Crippen molar-refractivity contribution in [3.05, 3.63) is 69.5 Å². The van der Waals surface area contributed by atoms with E-state index in [9.17, 15) is 10.1 Å². The lowest BCUT2D eigenvalue weighted by Gasteiger charge is -2.43. The highest BCUT2D eigenvalue weighted by atomic mass is 79.9. The molecule has 2 aromatic rings. The summed E-state index contributed by atoms with van der Waals surface area (Å²) < 4.78 is 15.9. The zero-order valence-electron chi connectivity index (χ0n) is 18.1. The Morgan fingerprint density at radius 3 is 2.58 bits per heavy atom. The molecular weight excluding hydrogens is 457 g/mol. The maximum Gasteiger partial charge on any atom is 0.266 e. The van der Waals surface area contributed by atoms with Gasteiger partial charge in [0.15, 0.2) is 0 Å². The topological polar surface area (TPSA) is 56.1 Å². The summed E-state index contributed by atoms with van der Waals surface area (Å²) >= 11 is 3.34. The second kappa shape index (κ2) is 9.07. The van der Waals surface area contributed by atoms with E-state index in [-0.39, 0.29) is 16.7 Å². The number of carbonyl (C=O) groups excluding carboxylic acids is 1. The highest BCUT2D eigenvalue weighted by Crippen LogP contribution is 2.40. The number of allylic oxidation sites excluding steroid dienone is 1. The molecule has 1 N–H and O–H groups in total. The molecule has 6 heteroatoms. The molecule has 0 aromatic heterocycles. The van der Waals surface area contributed by atoms with Gasteiger partial charge in [0.05, 0.1) is 5.54 Å². The number of rotatable bonds is 5. The van der Waals surface area contributed by atoms with E-state index in [1.165, 1.54) is 12.1 Å². The van der Waals surface area contributed by atoms with E-state index in [2.05, 4.69) is 53.0 Å². The van der Waals surface area contributed by atoms with Gasteiger partial charge in [0.25, 0.3) is 5.91 Å². The molecule has 0 radical (unpaired) electrons. The molecule has 3 rings (SSSR count). The lowest BCUT2D eigenvalue weighted by molar-refractivity contribution is -0.112. The Morgan fingerprint density at radius 2 is 1.97 bits per heavy atom. The van der Waals surface area contributed by atoms with Gasteiger partial charge in [0.2, 0.25) is 0 Å². The van der Waals surface area contributed by atoms with E-state index in [1.807, 2.05) is 13.0 Å². The van der Waals surface area contributed by atoms with Crippen molar-refractivity contribution in [3.8, 4) is 6.07 Å². The van der Waals surface area contributed by atoms with Gasteiger partial charge >= 0.3 is 0 Å². The summed E-state index contributed by atoms with van der Waals surface area (Å²) in [6.07, 6.45) is 4.41. The van der Waals surface area contributed by atoms with Gasteiger partial charge in [-0.25, -0.2) is 4.39 Å². The monoisotopic (exact) mass is 481 g/mol. The van der Waals surface area contributed by atoms with Crippen molar-refractivity contribution in [2.45, 2.75) is 39.7 Å². The molecule has 4 nitrogen and oxygen atoms in total. The number of hydrogen-bond acceptors (Lipinski definition) is 3. The van der Waals surface area contributed by atoms with Crippen LogP contribution in [0.5, 0.6) is 0 Å². The quantitative estimate of drug-likeness (QED) is 0.389. The molecule has 0 unspecified atom stereocenters. The first-order chi connectivity index (χ1) is 14.7. The number of benzene rings is 2. The summed E-state index contributed by atoms with van der Waals surface area (Å²) in [6.45, 7) is 9.12. The van der Waals surface area contributed by atoms with E-state index in [1.54, 1.807) is 30.3 Å². The van der Waals surface area contributed by atoms with Crippen LogP contribution in [0.1, 0.15) is 45.2 Å². The van der Waals surface area contributed by atoms with Crippen LogP contribution < -0.4 is 10.2 Å². The van der Waals surface area contributed by atoms with Crippen molar-refractivity contribution in [1.29, 1.82) is 5.26 Å². The van der Waals surface area contributed by atoms with Crippen molar-refractivity contribution in [3.63, 3.8) is 0 Å². The molecule has 0 aliphatic carbocycles. The van der Waals surface area contributed by atoms with Crippen LogP contribution in [-0.2, 0) is 4.79 Å². The second-order valence-electron chi connectivity index (χ2n) is 8.15. The van der Waals surface area contributed by atoms with Crippen molar-refractivity contribution < 1.29 is 9.18 Å². The lowest BCUT2D eigenvalue weighted by atomic mass is 9.87. The van der Waals surface area contributed by atoms with Gasteiger partial charge in [-0.3, -0.25) is 4.79 Å². The molecule has 1 aliphatic rings. The van der Waals surface area contributed by atoms with Gasteiger partial charge in [0.1, 0.15) is 17.5 Å². The average molecular weight is 482 g/mol. The summed E-state index contributed by atoms with van der Waals surface area (Å²) in [5, 5.41) is 12.2. The fourth-order valence-corrected chi connectivity index (χ4v) is 4.16. The fraction of sp³-hybridized carbons (Fsp3) is 0.280. The first-order valence-corrected chi connectivity index (χ1v) is 11.0. The minimum atomic E-state index is -0.581. The van der Waals surface area contributed by atoms with Crippen molar-refractivity contribution in [2.75, 3.05) is 16.8 Å². The SMILES string of the molecule is CCCN1c2cc(F)c(/C=C(\C#N)C(=O)Nc3ccc(Br)cc3)cc2C(C)=CC1(C)C. The van der Waals surface area contributed by atoms with Gasteiger partial charge in [-0.15, -0.1) is 0 Å². The van der Waals surface area contributed by atoms with Crippen LogP contribution in [0, 0.1) is 17.1 Å². The highest BCUT2D eigenvalue weighted by Gasteiger charge is 2.31. The van der Waals surface area contributed by atoms with Gasteiger partial charge in [-0.05, 0) is 75.2 Å². The molecule has 1 heterocycles. The molecule has 1 amide bonds. The molecule has 0 spiro atoms. The zero-order chi connectivity index (χ0) is 22.8. The third-order valence-electron chi connectivity index (χ3n) is 5.31. The summed E-state index contributed by atoms with van der Waals surface area (Å²) in [6, 6.07) is 12.1. The maximum atomic E-state index is 15.1. The first kappa shape index (κ1) is 22.8. The van der Waals surface area contributed by atoms with E-state index in [4.69, 9.17) is 0 Å². The number of halogens is 2. The number of anilines is 2. The van der Waals surface area contributed by atoms with Crippen LogP contribution in [0.2, 0.25) is 0 Å². The predicted octanol–water partition coefficient (Wildman–Crippen LogP) is 6.55. The minimum absolute atomic E-state index is 0.162. The Kier molecular flexibility index (Phi) is 6.66. The Hall–Kier alpha value is -2.91. The molecule has 1 aliphatic heterocycles. The van der Waals surface area contributed by atoms with Crippen molar-refractivity contribution >= 4 is 44.9 Å². The van der Waals surface area contributed by atoms with E-state index < -0.39 is 11.7 Å². The molecule has 0 fully saturated rings. The molecule has 0 bridgehead atoms. The van der Waals surface area contributed by atoms with Crippen LogP contribution in [0.3, 0.4) is 0 Å². The number of nitriles is 1. The van der Waals surface area contributed by atoms with Crippen LogP contribution in [0.4, 0.5) is 15.8 Å². The number of nitrogens with zero attached hydrogens (tertiary/aromatic N) is 2. The highest BCUT2D eigenvalue weighted by molar-refractivity contribution is 9.10. The molecule has 0 atom stereocenters. The van der Waals surface area contributed by atoms with E-state index in [0.29, 0.717) is 5.69 Å². The first-order valence-electron chi connectivity index (χ1n) is 10.2. The zero-order valence-corrected chi connectivity index (χ0v) is 19.7. The summed E-state index contributed by atoms with van der Waals surface area (Å²) in [4.78, 5) is 14.8. The minimum Gasteiger partial charge on any atom is -0.362 e. The molecule has 2 aromatic carbocycles. The van der Waals surface area contributed by atoms with Gasteiger partial charge in [-0.1, -0.05) is 28.9 Å². The number of carbonyl (C=O) groups is 1.